The Kier molecular flexibility index (Phi) is 5.24. The first-order chi connectivity index (χ1) is 11.8. The van der Waals surface area contributed by atoms with Gasteiger partial charge in [0, 0.05) is 6.54 Å². The van der Waals surface area contributed by atoms with Crippen LogP contribution in [-0.2, 0) is 13.1 Å². The van der Waals surface area contributed by atoms with E-state index in [1.807, 2.05) is 37.3 Å². The number of hydrogen-bond donors (Lipinski definition) is 3. The predicted octanol–water partition coefficient (Wildman–Crippen LogP) is 2.32. The van der Waals surface area contributed by atoms with E-state index in [-0.39, 0.29) is 0 Å². The summed E-state index contributed by atoms with van der Waals surface area (Å²) in [6.45, 7) is 3.93. The minimum absolute atomic E-state index is 0.494. The largest absolute Gasteiger partial charge is 0.461 e. The Balaban J connectivity index is 1.59. The van der Waals surface area contributed by atoms with Crippen LogP contribution in [0.5, 0.6) is 0 Å². The molecule has 3 rings (SSSR count). The van der Waals surface area contributed by atoms with Gasteiger partial charge in [-0.05, 0) is 24.6 Å². The number of aliphatic imine (C=N–C) groups is 1. The van der Waals surface area contributed by atoms with Crippen molar-refractivity contribution in [2.75, 3.05) is 6.54 Å². The maximum Gasteiger partial charge on any atom is 0.216 e. The fraction of sp³-hybridized carbons (Fsp3) is 0.235. The smallest absolute Gasteiger partial charge is 0.216 e. The molecule has 0 aliphatic carbocycles. The van der Waals surface area contributed by atoms with Gasteiger partial charge in [-0.1, -0.05) is 30.3 Å². The Morgan fingerprint density at radius 1 is 1.17 bits per heavy atom. The molecule has 7 heteroatoms. The number of hydrogen-bond acceptors (Lipinski definition) is 4. The lowest BCUT2D eigenvalue weighted by Crippen LogP contribution is -2.37. The average Bonchev–Trinajstić information content (AvgIpc) is 3.29. The van der Waals surface area contributed by atoms with Crippen LogP contribution in [0, 0.1) is 0 Å². The molecule has 3 N–H and O–H groups in total. The average molecular weight is 324 g/mol. The van der Waals surface area contributed by atoms with Crippen LogP contribution >= 0.6 is 0 Å². The lowest BCUT2D eigenvalue weighted by Gasteiger charge is -2.09. The normalized spacial score (nSPS) is 11.5. The molecule has 2 aromatic heterocycles. The minimum Gasteiger partial charge on any atom is -0.461 e. The van der Waals surface area contributed by atoms with Crippen LogP contribution in [-0.4, -0.2) is 27.7 Å². The monoisotopic (exact) mass is 324 g/mol. The summed E-state index contributed by atoms with van der Waals surface area (Å²) < 4.78 is 5.28. The maximum atomic E-state index is 5.28. The topological polar surface area (TPSA) is 91.1 Å². The fourth-order valence-electron chi connectivity index (χ4n) is 2.15. The van der Waals surface area contributed by atoms with Gasteiger partial charge in [-0.3, -0.25) is 5.10 Å². The third-order valence-corrected chi connectivity index (χ3v) is 3.30. The first-order valence-electron chi connectivity index (χ1n) is 7.86. The zero-order valence-electron chi connectivity index (χ0n) is 13.5. The first kappa shape index (κ1) is 15.8. The summed E-state index contributed by atoms with van der Waals surface area (Å²) in [4.78, 5) is 8.97. The van der Waals surface area contributed by atoms with Gasteiger partial charge in [0.25, 0.3) is 0 Å². The van der Waals surface area contributed by atoms with Gasteiger partial charge in [0.15, 0.2) is 11.7 Å². The molecule has 0 fully saturated rings. The van der Waals surface area contributed by atoms with Gasteiger partial charge in [0.2, 0.25) is 5.82 Å². The molecule has 3 aromatic rings. The summed E-state index contributed by atoms with van der Waals surface area (Å²) in [6.07, 6.45) is 1.60. The van der Waals surface area contributed by atoms with Crippen LogP contribution in [0.25, 0.3) is 11.6 Å². The number of guanidine groups is 1. The van der Waals surface area contributed by atoms with Crippen molar-refractivity contribution < 1.29 is 4.42 Å². The van der Waals surface area contributed by atoms with E-state index < -0.39 is 0 Å². The summed E-state index contributed by atoms with van der Waals surface area (Å²) in [5, 5.41) is 13.5. The van der Waals surface area contributed by atoms with E-state index in [2.05, 4.69) is 42.9 Å². The van der Waals surface area contributed by atoms with Gasteiger partial charge in [-0.15, -0.1) is 5.10 Å². The van der Waals surface area contributed by atoms with Crippen molar-refractivity contribution in [3.63, 3.8) is 0 Å². The van der Waals surface area contributed by atoms with E-state index in [0.29, 0.717) is 30.5 Å². The molecule has 0 atom stereocenters. The quantitative estimate of drug-likeness (QED) is 0.478. The molecule has 24 heavy (non-hydrogen) atoms. The highest BCUT2D eigenvalue weighted by Crippen LogP contribution is 2.14. The zero-order valence-corrected chi connectivity index (χ0v) is 13.5. The second kappa shape index (κ2) is 7.96. The summed E-state index contributed by atoms with van der Waals surface area (Å²) >= 11 is 0. The molecule has 0 bridgehead atoms. The van der Waals surface area contributed by atoms with Gasteiger partial charge in [0.05, 0.1) is 19.4 Å². The number of H-pyrrole nitrogens is 1. The molecule has 0 radical (unpaired) electrons. The molecule has 0 aliphatic rings. The number of aromatic nitrogens is 3. The standard InChI is InChI=1S/C17H20N6O/c1-2-18-17(19-11-13-7-4-3-5-8-13)20-12-15-21-16(23-22-15)14-9-6-10-24-14/h3-10H,2,11-12H2,1H3,(H2,18,19,20)(H,21,22,23). The van der Waals surface area contributed by atoms with Gasteiger partial charge in [-0.25, -0.2) is 9.98 Å². The van der Waals surface area contributed by atoms with Gasteiger partial charge in [-0.2, -0.15) is 0 Å². The summed E-state index contributed by atoms with van der Waals surface area (Å²) in [6, 6.07) is 13.8. The van der Waals surface area contributed by atoms with Gasteiger partial charge in [0.1, 0.15) is 5.82 Å². The maximum absolute atomic E-state index is 5.28. The van der Waals surface area contributed by atoms with Crippen molar-refractivity contribution in [3.8, 4) is 11.6 Å². The van der Waals surface area contributed by atoms with E-state index in [9.17, 15) is 0 Å². The highest BCUT2D eigenvalue weighted by molar-refractivity contribution is 5.79. The van der Waals surface area contributed by atoms with E-state index >= 15 is 0 Å². The van der Waals surface area contributed by atoms with Crippen molar-refractivity contribution in [2.24, 2.45) is 4.99 Å². The number of nitrogens with one attached hydrogen (secondary N) is 3. The number of aromatic amines is 1. The highest BCUT2D eigenvalue weighted by Gasteiger charge is 2.08. The summed E-state index contributed by atoms with van der Waals surface area (Å²) in [5.74, 6) is 2.63. The minimum atomic E-state index is 0.494. The lowest BCUT2D eigenvalue weighted by atomic mass is 10.2. The number of nitrogens with zero attached hydrogens (tertiary/aromatic N) is 3. The van der Waals surface area contributed by atoms with Crippen molar-refractivity contribution in [2.45, 2.75) is 20.0 Å². The number of benzene rings is 1. The SMILES string of the molecule is CCNC(=NCc1ccccc1)NCc1nc(-c2ccco2)n[nH]1. The van der Waals surface area contributed by atoms with E-state index in [1.165, 1.54) is 0 Å². The molecular formula is C17H20N6O. The van der Waals surface area contributed by atoms with Crippen molar-refractivity contribution in [3.05, 3.63) is 60.1 Å². The van der Waals surface area contributed by atoms with Crippen LogP contribution in [0.2, 0.25) is 0 Å². The summed E-state index contributed by atoms with van der Waals surface area (Å²) in [5.41, 5.74) is 1.16. The van der Waals surface area contributed by atoms with Crippen LogP contribution in [0.4, 0.5) is 0 Å². The van der Waals surface area contributed by atoms with Crippen LogP contribution in [0.3, 0.4) is 0 Å². The third-order valence-electron chi connectivity index (χ3n) is 3.30. The molecule has 0 amide bonds. The van der Waals surface area contributed by atoms with Crippen molar-refractivity contribution in [1.29, 1.82) is 0 Å². The zero-order chi connectivity index (χ0) is 16.6. The molecular weight excluding hydrogens is 304 g/mol. The van der Waals surface area contributed by atoms with E-state index in [4.69, 9.17) is 4.42 Å². The second-order valence-corrected chi connectivity index (χ2v) is 5.12. The van der Waals surface area contributed by atoms with Crippen molar-refractivity contribution in [1.82, 2.24) is 25.8 Å². The molecule has 7 nitrogen and oxygen atoms in total. The molecule has 1 aromatic carbocycles. The molecule has 124 valence electrons. The molecule has 2 heterocycles. The molecule has 0 aliphatic heterocycles. The van der Waals surface area contributed by atoms with Crippen LogP contribution < -0.4 is 10.6 Å². The molecule has 0 spiro atoms. The van der Waals surface area contributed by atoms with E-state index in [0.717, 1.165) is 18.1 Å². The number of furan rings is 1. The van der Waals surface area contributed by atoms with Crippen LogP contribution in [0.1, 0.15) is 18.3 Å². The Labute approximate surface area is 140 Å². The Morgan fingerprint density at radius 3 is 2.79 bits per heavy atom. The second-order valence-electron chi connectivity index (χ2n) is 5.12. The Bertz CT molecular complexity index is 764. The van der Waals surface area contributed by atoms with Crippen molar-refractivity contribution >= 4 is 5.96 Å². The Hall–Kier alpha value is -3.09. The van der Waals surface area contributed by atoms with E-state index in [1.54, 1.807) is 6.26 Å². The highest BCUT2D eigenvalue weighted by atomic mass is 16.3. The molecule has 0 saturated carbocycles. The summed E-state index contributed by atoms with van der Waals surface area (Å²) in [7, 11) is 0. The first-order valence-corrected chi connectivity index (χ1v) is 7.86. The van der Waals surface area contributed by atoms with Gasteiger partial charge < -0.3 is 15.1 Å². The Morgan fingerprint density at radius 2 is 2.04 bits per heavy atom. The predicted molar refractivity (Wildman–Crippen MR) is 92.2 cm³/mol. The third kappa shape index (κ3) is 4.22. The van der Waals surface area contributed by atoms with Crippen LogP contribution in [0.15, 0.2) is 58.1 Å². The number of rotatable bonds is 6. The van der Waals surface area contributed by atoms with Gasteiger partial charge >= 0.3 is 0 Å². The molecule has 0 unspecified atom stereocenters. The molecule has 0 saturated heterocycles. The fourth-order valence-corrected chi connectivity index (χ4v) is 2.15. The lowest BCUT2D eigenvalue weighted by molar-refractivity contribution is 0.577.